The molecule has 0 aromatic heterocycles. The zero-order chi connectivity index (χ0) is 10.4. The Morgan fingerprint density at radius 1 is 1.29 bits per heavy atom. The van der Waals surface area contributed by atoms with E-state index in [9.17, 15) is 0 Å². The van der Waals surface area contributed by atoms with Gasteiger partial charge in [0.2, 0.25) is 0 Å². The van der Waals surface area contributed by atoms with Gasteiger partial charge < -0.3 is 11.1 Å². The summed E-state index contributed by atoms with van der Waals surface area (Å²) >= 11 is 0. The van der Waals surface area contributed by atoms with Crippen LogP contribution < -0.4 is 11.1 Å². The third-order valence-electron chi connectivity index (χ3n) is 1.82. The van der Waals surface area contributed by atoms with Crippen LogP contribution in [0.25, 0.3) is 0 Å². The number of hydrogen-bond acceptors (Lipinski definition) is 1. The second-order valence-electron chi connectivity index (χ2n) is 2.93. The average Bonchev–Trinajstić information content (AvgIpc) is 2.19. The van der Waals surface area contributed by atoms with Gasteiger partial charge in [-0.3, -0.25) is 4.99 Å². The van der Waals surface area contributed by atoms with Crippen molar-refractivity contribution in [3.05, 3.63) is 29.8 Å². The molecule has 3 heteroatoms. The largest absolute Gasteiger partial charge is 0.370 e. The Labute approximate surface area is 85.0 Å². The molecule has 0 bridgehead atoms. The topological polar surface area (TPSA) is 48.2 Å². The molecule has 0 aliphatic heterocycles. The highest BCUT2D eigenvalue weighted by Gasteiger charge is 2.00. The highest BCUT2D eigenvalue weighted by atomic mass is 15.0. The summed E-state index contributed by atoms with van der Waals surface area (Å²) in [4.78, 5) is 4.36. The van der Waals surface area contributed by atoms with Gasteiger partial charge in [0.05, 0.1) is 5.69 Å². The van der Waals surface area contributed by atoms with Gasteiger partial charge in [-0.25, -0.2) is 0 Å². The fourth-order valence-corrected chi connectivity index (χ4v) is 1.20. The van der Waals surface area contributed by atoms with Crippen molar-refractivity contribution in [1.82, 2.24) is 11.1 Å². The number of amidine groups is 1. The molecule has 0 amide bonds. The summed E-state index contributed by atoms with van der Waals surface area (Å²) in [6, 6.07) is 7.38. The van der Waals surface area contributed by atoms with Gasteiger partial charge in [-0.2, -0.15) is 0 Å². The van der Waals surface area contributed by atoms with Crippen molar-refractivity contribution >= 4 is 11.5 Å². The Balaban J connectivity index is 2.88. The van der Waals surface area contributed by atoms with Gasteiger partial charge in [-0.05, 0) is 38.1 Å². The average molecular weight is 190 g/mol. The number of rotatable bonds is 3. The molecule has 1 aromatic rings. The minimum atomic E-state index is 0.529. The van der Waals surface area contributed by atoms with E-state index in [2.05, 4.69) is 10.3 Å². The molecular weight excluding hydrogens is 174 g/mol. The van der Waals surface area contributed by atoms with Crippen molar-refractivity contribution in [3.8, 4) is 0 Å². The van der Waals surface area contributed by atoms with Crippen LogP contribution in [0.5, 0.6) is 0 Å². The highest BCUT2D eigenvalue weighted by molar-refractivity contribution is 5.98. The summed E-state index contributed by atoms with van der Waals surface area (Å²) in [5.41, 5.74) is 8.95. The van der Waals surface area contributed by atoms with Crippen molar-refractivity contribution in [2.75, 3.05) is 13.1 Å². The first-order chi connectivity index (χ1) is 6.77. The molecule has 0 unspecified atom stereocenters. The molecule has 0 atom stereocenters. The molecule has 2 N–H and O–H groups in total. The zero-order valence-electron chi connectivity index (χ0n) is 8.67. The molecular formula is C11H16N3. The highest BCUT2D eigenvalue weighted by Crippen LogP contribution is 2.07. The maximum absolute atomic E-state index is 7.38. The molecule has 75 valence electrons. The van der Waals surface area contributed by atoms with Crippen LogP contribution in [-0.4, -0.2) is 18.9 Å². The SMILES string of the molecule is CC/N=C(/NCC)c1ccc([NH])cc1. The van der Waals surface area contributed by atoms with Crippen molar-refractivity contribution < 1.29 is 0 Å². The lowest BCUT2D eigenvalue weighted by Gasteiger charge is -2.07. The van der Waals surface area contributed by atoms with Crippen LogP contribution in [0.15, 0.2) is 29.3 Å². The molecule has 0 spiro atoms. The third kappa shape index (κ3) is 2.76. The number of aliphatic imine (C=N–C) groups is 1. The van der Waals surface area contributed by atoms with Gasteiger partial charge in [0, 0.05) is 18.7 Å². The molecule has 1 aromatic carbocycles. The monoisotopic (exact) mass is 190 g/mol. The number of nitrogens with one attached hydrogen (secondary N) is 2. The lowest BCUT2D eigenvalue weighted by atomic mass is 10.2. The normalized spacial score (nSPS) is 11.4. The Morgan fingerprint density at radius 3 is 2.43 bits per heavy atom. The molecule has 1 radical (unpaired) electrons. The van der Waals surface area contributed by atoms with E-state index in [0.29, 0.717) is 5.69 Å². The predicted octanol–water partition coefficient (Wildman–Crippen LogP) is 1.98. The lowest BCUT2D eigenvalue weighted by molar-refractivity contribution is 0.948. The van der Waals surface area contributed by atoms with Crippen LogP contribution in [0, 0.1) is 0 Å². The van der Waals surface area contributed by atoms with Crippen LogP contribution in [-0.2, 0) is 0 Å². The molecule has 0 saturated heterocycles. The van der Waals surface area contributed by atoms with Gasteiger partial charge in [-0.1, -0.05) is 0 Å². The van der Waals surface area contributed by atoms with E-state index in [0.717, 1.165) is 24.5 Å². The van der Waals surface area contributed by atoms with Crippen molar-refractivity contribution in [3.63, 3.8) is 0 Å². The first-order valence-electron chi connectivity index (χ1n) is 4.88. The summed E-state index contributed by atoms with van der Waals surface area (Å²) in [6.07, 6.45) is 0. The van der Waals surface area contributed by atoms with Gasteiger partial charge in [-0.15, -0.1) is 0 Å². The molecule has 0 aliphatic carbocycles. The number of benzene rings is 1. The number of hydrogen-bond donors (Lipinski definition) is 1. The maximum atomic E-state index is 7.38. The Bertz CT molecular complexity index is 301. The molecule has 1 rings (SSSR count). The molecule has 0 heterocycles. The van der Waals surface area contributed by atoms with Crippen molar-refractivity contribution in [2.45, 2.75) is 13.8 Å². The quantitative estimate of drug-likeness (QED) is 0.575. The summed E-state index contributed by atoms with van der Waals surface area (Å²) in [5, 5.41) is 3.21. The van der Waals surface area contributed by atoms with Crippen LogP contribution in [0.1, 0.15) is 19.4 Å². The van der Waals surface area contributed by atoms with E-state index in [1.54, 1.807) is 12.1 Å². The first-order valence-corrected chi connectivity index (χ1v) is 4.88. The van der Waals surface area contributed by atoms with E-state index in [1.165, 1.54) is 0 Å². The third-order valence-corrected chi connectivity index (χ3v) is 1.82. The first kappa shape index (κ1) is 10.6. The lowest BCUT2D eigenvalue weighted by Crippen LogP contribution is -2.24. The molecule has 14 heavy (non-hydrogen) atoms. The zero-order valence-corrected chi connectivity index (χ0v) is 8.67. The number of nitrogens with zero attached hydrogens (tertiary/aromatic N) is 1. The fraction of sp³-hybridized carbons (Fsp3) is 0.364. The maximum Gasteiger partial charge on any atom is 0.128 e. The molecule has 3 nitrogen and oxygen atoms in total. The van der Waals surface area contributed by atoms with Gasteiger partial charge in [0.15, 0.2) is 0 Å². The minimum absolute atomic E-state index is 0.529. The molecule has 0 saturated carbocycles. The van der Waals surface area contributed by atoms with Crippen LogP contribution in [0.4, 0.5) is 5.69 Å². The van der Waals surface area contributed by atoms with Gasteiger partial charge in [0.25, 0.3) is 0 Å². The van der Waals surface area contributed by atoms with Crippen LogP contribution in [0.3, 0.4) is 0 Å². The fourth-order valence-electron chi connectivity index (χ4n) is 1.20. The summed E-state index contributed by atoms with van der Waals surface area (Å²) in [7, 11) is 0. The smallest absolute Gasteiger partial charge is 0.128 e. The second kappa shape index (κ2) is 5.27. The van der Waals surface area contributed by atoms with Crippen LogP contribution >= 0.6 is 0 Å². The molecule has 0 fully saturated rings. The van der Waals surface area contributed by atoms with Crippen LogP contribution in [0.2, 0.25) is 0 Å². The van der Waals surface area contributed by atoms with E-state index in [-0.39, 0.29) is 0 Å². The van der Waals surface area contributed by atoms with E-state index in [1.807, 2.05) is 26.0 Å². The summed E-state index contributed by atoms with van der Waals surface area (Å²) in [6.45, 7) is 5.69. The standard InChI is InChI=1S/C11H16N3/c1-3-13-11(14-4-2)9-5-7-10(12)8-6-9/h5-8,12H,3-4H2,1-2H3,(H,13,14). The van der Waals surface area contributed by atoms with Gasteiger partial charge in [0.1, 0.15) is 5.84 Å². The van der Waals surface area contributed by atoms with E-state index < -0.39 is 0 Å². The molecule has 0 aliphatic rings. The Kier molecular flexibility index (Phi) is 3.98. The van der Waals surface area contributed by atoms with E-state index in [4.69, 9.17) is 5.73 Å². The summed E-state index contributed by atoms with van der Waals surface area (Å²) < 4.78 is 0. The predicted molar refractivity (Wildman–Crippen MR) is 60.0 cm³/mol. The van der Waals surface area contributed by atoms with Gasteiger partial charge >= 0.3 is 0 Å². The Morgan fingerprint density at radius 2 is 1.93 bits per heavy atom. The van der Waals surface area contributed by atoms with Crippen molar-refractivity contribution in [1.29, 1.82) is 0 Å². The summed E-state index contributed by atoms with van der Waals surface area (Å²) in [5.74, 6) is 0.912. The second-order valence-corrected chi connectivity index (χ2v) is 2.93. The minimum Gasteiger partial charge on any atom is -0.370 e. The Hall–Kier alpha value is -1.51. The van der Waals surface area contributed by atoms with E-state index >= 15 is 0 Å². The van der Waals surface area contributed by atoms with Crippen molar-refractivity contribution in [2.24, 2.45) is 4.99 Å².